The van der Waals surface area contributed by atoms with Gasteiger partial charge >= 0.3 is 0 Å². The van der Waals surface area contributed by atoms with Crippen LogP contribution in [-0.4, -0.2) is 65.7 Å². The van der Waals surface area contributed by atoms with Gasteiger partial charge in [-0.15, -0.1) is 11.8 Å². The zero-order chi connectivity index (χ0) is 25.3. The predicted molar refractivity (Wildman–Crippen MR) is 137 cm³/mol. The lowest BCUT2D eigenvalue weighted by molar-refractivity contribution is 0.0730. The number of benzene rings is 2. The first-order valence-electron chi connectivity index (χ1n) is 11.7. The van der Waals surface area contributed by atoms with E-state index in [-0.39, 0.29) is 10.8 Å². The summed E-state index contributed by atoms with van der Waals surface area (Å²) in [7, 11) is -0.547. The molecule has 0 saturated carbocycles. The average Bonchev–Trinajstić information content (AvgIpc) is 2.89. The van der Waals surface area contributed by atoms with Crippen LogP contribution in [0.5, 0.6) is 11.5 Å². The number of para-hydroxylation sites is 1. The number of unbranched alkanes of at least 4 members (excludes halogenated alkanes) is 2. The SMILES string of the molecule is CCCCCNC(=O)c1cc(S(=O)(=O)N2CCOCC2)ccc1SCc1cccc(OC)c1OC. The van der Waals surface area contributed by atoms with Gasteiger partial charge in [-0.05, 0) is 30.7 Å². The Morgan fingerprint density at radius 1 is 1.11 bits per heavy atom. The molecule has 1 fully saturated rings. The molecule has 1 N–H and O–H groups in total. The Kier molecular flexibility index (Phi) is 10.3. The molecule has 35 heavy (non-hydrogen) atoms. The van der Waals surface area contributed by atoms with E-state index in [1.165, 1.54) is 22.1 Å². The van der Waals surface area contributed by atoms with Gasteiger partial charge in [-0.1, -0.05) is 31.9 Å². The van der Waals surface area contributed by atoms with Crippen molar-refractivity contribution in [2.24, 2.45) is 0 Å². The summed E-state index contributed by atoms with van der Waals surface area (Å²) in [6.45, 7) is 3.96. The lowest BCUT2D eigenvalue weighted by Crippen LogP contribution is -2.40. The summed E-state index contributed by atoms with van der Waals surface area (Å²) in [5.74, 6) is 1.51. The average molecular weight is 523 g/mol. The van der Waals surface area contributed by atoms with Gasteiger partial charge in [0.2, 0.25) is 10.0 Å². The molecular weight excluding hydrogens is 488 g/mol. The van der Waals surface area contributed by atoms with Crippen molar-refractivity contribution in [1.82, 2.24) is 9.62 Å². The van der Waals surface area contributed by atoms with E-state index >= 15 is 0 Å². The maximum Gasteiger partial charge on any atom is 0.252 e. The van der Waals surface area contributed by atoms with Gasteiger partial charge in [-0.2, -0.15) is 4.31 Å². The first-order chi connectivity index (χ1) is 16.9. The van der Waals surface area contributed by atoms with E-state index < -0.39 is 10.0 Å². The number of nitrogens with zero attached hydrogens (tertiary/aromatic N) is 1. The Hall–Kier alpha value is -2.27. The summed E-state index contributed by atoms with van der Waals surface area (Å²) < 4.78 is 44.0. The number of rotatable bonds is 12. The third-order valence-corrected chi connectivity index (χ3v) is 8.75. The van der Waals surface area contributed by atoms with Gasteiger partial charge in [0, 0.05) is 35.8 Å². The van der Waals surface area contributed by atoms with Gasteiger partial charge in [0.25, 0.3) is 5.91 Å². The molecular formula is C25H34N2O6S2. The number of ether oxygens (including phenoxy) is 3. The molecule has 192 valence electrons. The molecule has 3 rings (SSSR count). The third kappa shape index (κ3) is 6.91. The number of carbonyl (C=O) groups is 1. The molecule has 2 aromatic rings. The van der Waals surface area contributed by atoms with E-state index in [0.717, 1.165) is 24.8 Å². The number of amides is 1. The van der Waals surface area contributed by atoms with Crippen molar-refractivity contribution >= 4 is 27.7 Å². The molecule has 0 aliphatic carbocycles. The van der Waals surface area contributed by atoms with Crippen molar-refractivity contribution in [3.05, 3.63) is 47.5 Å². The fourth-order valence-corrected chi connectivity index (χ4v) is 6.25. The van der Waals surface area contributed by atoms with Crippen LogP contribution in [0, 0.1) is 0 Å². The molecule has 1 saturated heterocycles. The molecule has 0 aromatic heterocycles. The minimum atomic E-state index is -3.72. The second kappa shape index (κ2) is 13.2. The Morgan fingerprint density at radius 2 is 1.89 bits per heavy atom. The normalized spacial score (nSPS) is 14.5. The second-order valence-corrected chi connectivity index (χ2v) is 11.0. The Morgan fingerprint density at radius 3 is 2.57 bits per heavy atom. The number of hydrogen-bond donors (Lipinski definition) is 1. The van der Waals surface area contributed by atoms with E-state index in [1.807, 2.05) is 18.2 Å². The molecule has 0 atom stereocenters. The molecule has 0 spiro atoms. The minimum Gasteiger partial charge on any atom is -0.493 e. The van der Waals surface area contributed by atoms with Crippen LogP contribution < -0.4 is 14.8 Å². The van der Waals surface area contributed by atoms with Gasteiger partial charge in [-0.25, -0.2) is 8.42 Å². The highest BCUT2D eigenvalue weighted by atomic mass is 32.2. The minimum absolute atomic E-state index is 0.112. The molecule has 1 aliphatic heterocycles. The van der Waals surface area contributed by atoms with Gasteiger partial charge < -0.3 is 19.5 Å². The maximum atomic E-state index is 13.2. The van der Waals surface area contributed by atoms with Crippen LogP contribution in [0.4, 0.5) is 0 Å². The summed E-state index contributed by atoms with van der Waals surface area (Å²) in [5, 5.41) is 2.95. The zero-order valence-corrected chi connectivity index (χ0v) is 22.2. The number of carbonyl (C=O) groups excluding carboxylic acids is 1. The molecule has 10 heteroatoms. The lowest BCUT2D eigenvalue weighted by Gasteiger charge is -2.26. The van der Waals surface area contributed by atoms with E-state index in [0.29, 0.717) is 60.6 Å². The molecule has 1 heterocycles. The summed E-state index contributed by atoms with van der Waals surface area (Å²) in [5.41, 5.74) is 1.26. The number of thioether (sulfide) groups is 1. The summed E-state index contributed by atoms with van der Waals surface area (Å²) in [6.07, 6.45) is 2.94. The lowest BCUT2D eigenvalue weighted by atomic mass is 10.2. The highest BCUT2D eigenvalue weighted by Crippen LogP contribution is 2.36. The summed E-state index contributed by atoms with van der Waals surface area (Å²) in [6, 6.07) is 10.4. The predicted octanol–water partition coefficient (Wildman–Crippen LogP) is 3.94. The smallest absolute Gasteiger partial charge is 0.252 e. The number of hydrogen-bond acceptors (Lipinski definition) is 7. The number of nitrogens with one attached hydrogen (secondary N) is 1. The van der Waals surface area contributed by atoms with Crippen molar-refractivity contribution in [3.63, 3.8) is 0 Å². The third-order valence-electron chi connectivity index (χ3n) is 5.74. The molecule has 1 aliphatic rings. The highest BCUT2D eigenvalue weighted by molar-refractivity contribution is 7.98. The van der Waals surface area contributed by atoms with Crippen molar-refractivity contribution < 1.29 is 27.4 Å². The Balaban J connectivity index is 1.89. The molecule has 8 nitrogen and oxygen atoms in total. The summed E-state index contributed by atoms with van der Waals surface area (Å²) >= 11 is 1.45. The standard InChI is InChI=1S/C25H34N2O6S2/c1-4-5-6-12-26-25(28)21-17-20(35(29,30)27-13-15-33-16-14-27)10-11-23(21)34-18-19-8-7-9-22(31-2)24(19)32-3/h7-11,17H,4-6,12-16,18H2,1-3H3,(H,26,28). The first kappa shape index (κ1) is 27.3. The molecule has 0 radical (unpaired) electrons. The van der Waals surface area contributed by atoms with Crippen molar-refractivity contribution in [2.45, 2.75) is 41.7 Å². The van der Waals surface area contributed by atoms with E-state index in [2.05, 4.69) is 12.2 Å². The van der Waals surface area contributed by atoms with Crippen LogP contribution in [0.15, 0.2) is 46.2 Å². The van der Waals surface area contributed by atoms with Crippen LogP contribution in [0.25, 0.3) is 0 Å². The van der Waals surface area contributed by atoms with E-state index in [1.54, 1.807) is 26.4 Å². The maximum absolute atomic E-state index is 13.2. The largest absolute Gasteiger partial charge is 0.493 e. The molecule has 1 amide bonds. The van der Waals surface area contributed by atoms with E-state index in [9.17, 15) is 13.2 Å². The van der Waals surface area contributed by atoms with Crippen molar-refractivity contribution in [1.29, 1.82) is 0 Å². The van der Waals surface area contributed by atoms with Crippen LogP contribution in [0.3, 0.4) is 0 Å². The van der Waals surface area contributed by atoms with Gasteiger partial charge in [0.1, 0.15) is 0 Å². The van der Waals surface area contributed by atoms with Crippen LogP contribution in [0.2, 0.25) is 0 Å². The monoisotopic (exact) mass is 522 g/mol. The first-order valence-corrected chi connectivity index (χ1v) is 14.2. The molecule has 0 unspecified atom stereocenters. The van der Waals surface area contributed by atoms with Crippen LogP contribution in [0.1, 0.15) is 42.1 Å². The summed E-state index contributed by atoms with van der Waals surface area (Å²) in [4.78, 5) is 13.9. The van der Waals surface area contributed by atoms with Gasteiger partial charge in [-0.3, -0.25) is 4.79 Å². The van der Waals surface area contributed by atoms with Crippen LogP contribution in [-0.2, 0) is 20.5 Å². The number of methoxy groups -OCH3 is 2. The quantitative estimate of drug-likeness (QED) is 0.333. The topological polar surface area (TPSA) is 94.2 Å². The zero-order valence-electron chi connectivity index (χ0n) is 20.5. The Bertz CT molecular complexity index is 1100. The fourth-order valence-electron chi connectivity index (χ4n) is 3.80. The highest BCUT2D eigenvalue weighted by Gasteiger charge is 2.28. The number of sulfonamides is 1. The van der Waals surface area contributed by atoms with Gasteiger partial charge in [0.05, 0.1) is 37.9 Å². The molecule has 0 bridgehead atoms. The Labute approximate surface area is 212 Å². The van der Waals surface area contributed by atoms with Crippen LogP contribution >= 0.6 is 11.8 Å². The number of morpholine rings is 1. The van der Waals surface area contributed by atoms with Crippen molar-refractivity contribution in [3.8, 4) is 11.5 Å². The fraction of sp³-hybridized carbons (Fsp3) is 0.480. The van der Waals surface area contributed by atoms with Gasteiger partial charge in [0.15, 0.2) is 11.5 Å². The molecule has 2 aromatic carbocycles. The van der Waals surface area contributed by atoms with Crippen molar-refractivity contribution in [2.75, 3.05) is 47.1 Å². The second-order valence-electron chi connectivity index (χ2n) is 8.08. The van der Waals surface area contributed by atoms with E-state index in [4.69, 9.17) is 14.2 Å².